The topological polar surface area (TPSA) is 108 Å². The van der Waals surface area contributed by atoms with E-state index in [1.807, 2.05) is 65.2 Å². The van der Waals surface area contributed by atoms with Gasteiger partial charge in [0.1, 0.15) is 0 Å². The number of ether oxygens (including phenoxy) is 1. The monoisotopic (exact) mass is 504 g/mol. The van der Waals surface area contributed by atoms with Gasteiger partial charge in [0.05, 0.1) is 30.2 Å². The van der Waals surface area contributed by atoms with E-state index >= 15 is 0 Å². The minimum absolute atomic E-state index is 0.233. The molecule has 9 heteroatoms. The molecule has 2 aromatic carbocycles. The van der Waals surface area contributed by atoms with E-state index in [1.165, 1.54) is 4.90 Å². The number of hydrogen-bond donors (Lipinski definition) is 2. The number of carbonyl (C=O) groups excluding carboxylic acids is 1. The average molecular weight is 505 g/mol. The summed E-state index contributed by atoms with van der Waals surface area (Å²) in [5.41, 5.74) is 1.90. The summed E-state index contributed by atoms with van der Waals surface area (Å²) in [6.07, 6.45) is 2.21. The van der Waals surface area contributed by atoms with Gasteiger partial charge < -0.3 is 29.3 Å². The second-order valence-electron chi connectivity index (χ2n) is 9.84. The first kappa shape index (κ1) is 25.0. The number of aromatic nitrogens is 2. The van der Waals surface area contributed by atoms with Gasteiger partial charge in [0.15, 0.2) is 5.69 Å². The van der Waals surface area contributed by atoms with Gasteiger partial charge in [0.25, 0.3) is 5.91 Å². The SMILES string of the molecule is O=C(O)N1CCN(C(=O)c2ncn(CC3(O)CCOCC3)c2-c2ccccc2)[C@H](Cc2ccccc2)C1. The van der Waals surface area contributed by atoms with Crippen LogP contribution in [0.4, 0.5) is 4.79 Å². The largest absolute Gasteiger partial charge is 0.465 e. The third-order valence-electron chi connectivity index (χ3n) is 7.30. The molecule has 0 bridgehead atoms. The predicted molar refractivity (Wildman–Crippen MR) is 137 cm³/mol. The molecular formula is C28H32N4O5. The molecule has 3 aromatic rings. The summed E-state index contributed by atoms with van der Waals surface area (Å²) in [5.74, 6) is -0.234. The number of carboxylic acid groups (broad SMARTS) is 1. The number of piperazine rings is 1. The van der Waals surface area contributed by atoms with Crippen LogP contribution in [0, 0.1) is 0 Å². The highest BCUT2D eigenvalue weighted by molar-refractivity contribution is 5.98. The lowest BCUT2D eigenvalue weighted by molar-refractivity contribution is -0.0726. The molecule has 0 unspecified atom stereocenters. The molecule has 2 N–H and O–H groups in total. The number of aliphatic hydroxyl groups is 1. The molecule has 2 aliphatic heterocycles. The van der Waals surface area contributed by atoms with Gasteiger partial charge >= 0.3 is 6.09 Å². The van der Waals surface area contributed by atoms with Gasteiger partial charge in [-0.2, -0.15) is 0 Å². The first-order chi connectivity index (χ1) is 17.9. The Bertz CT molecular complexity index is 1220. The van der Waals surface area contributed by atoms with Crippen LogP contribution in [-0.2, 0) is 17.7 Å². The number of imidazole rings is 1. The average Bonchev–Trinajstić information content (AvgIpc) is 3.32. The Kier molecular flexibility index (Phi) is 7.25. The van der Waals surface area contributed by atoms with Crippen molar-refractivity contribution in [1.29, 1.82) is 0 Å². The summed E-state index contributed by atoms with van der Waals surface area (Å²) in [4.78, 5) is 33.5. The highest BCUT2D eigenvalue weighted by atomic mass is 16.5. The Morgan fingerprint density at radius 1 is 1.00 bits per heavy atom. The number of carbonyl (C=O) groups is 2. The number of nitrogens with zero attached hydrogens (tertiary/aromatic N) is 4. The van der Waals surface area contributed by atoms with Crippen LogP contribution in [0.25, 0.3) is 11.3 Å². The fourth-order valence-electron chi connectivity index (χ4n) is 5.28. The van der Waals surface area contributed by atoms with E-state index in [1.54, 1.807) is 11.2 Å². The fraction of sp³-hybridized carbons (Fsp3) is 0.393. The molecular weight excluding hydrogens is 472 g/mol. The molecule has 2 aliphatic rings. The van der Waals surface area contributed by atoms with Crippen LogP contribution in [0.5, 0.6) is 0 Å². The van der Waals surface area contributed by atoms with Crippen molar-refractivity contribution < 1.29 is 24.5 Å². The van der Waals surface area contributed by atoms with Crippen molar-refractivity contribution in [2.24, 2.45) is 0 Å². The van der Waals surface area contributed by atoms with Crippen LogP contribution < -0.4 is 0 Å². The van der Waals surface area contributed by atoms with Crippen LogP contribution in [0.3, 0.4) is 0 Å². The first-order valence-corrected chi connectivity index (χ1v) is 12.7. The third-order valence-corrected chi connectivity index (χ3v) is 7.30. The Morgan fingerprint density at radius 3 is 2.35 bits per heavy atom. The lowest BCUT2D eigenvalue weighted by atomic mass is 9.94. The van der Waals surface area contributed by atoms with Gasteiger partial charge in [-0.1, -0.05) is 60.7 Å². The third kappa shape index (κ3) is 5.52. The molecule has 2 saturated heterocycles. The van der Waals surface area contributed by atoms with Gasteiger partial charge in [-0.25, -0.2) is 9.78 Å². The number of benzene rings is 2. The van der Waals surface area contributed by atoms with Gasteiger partial charge in [0, 0.05) is 51.3 Å². The predicted octanol–water partition coefficient (Wildman–Crippen LogP) is 3.14. The van der Waals surface area contributed by atoms with Crippen molar-refractivity contribution in [3.63, 3.8) is 0 Å². The van der Waals surface area contributed by atoms with Crippen LogP contribution in [-0.4, -0.2) is 86.1 Å². The zero-order chi connectivity index (χ0) is 25.8. The summed E-state index contributed by atoms with van der Waals surface area (Å²) in [7, 11) is 0. The van der Waals surface area contributed by atoms with Gasteiger partial charge in [-0.05, 0) is 12.0 Å². The molecule has 0 aliphatic carbocycles. The zero-order valence-electron chi connectivity index (χ0n) is 20.7. The van der Waals surface area contributed by atoms with E-state index < -0.39 is 11.7 Å². The summed E-state index contributed by atoms with van der Waals surface area (Å²) in [6, 6.07) is 19.1. The van der Waals surface area contributed by atoms with Crippen molar-refractivity contribution in [1.82, 2.24) is 19.4 Å². The van der Waals surface area contributed by atoms with Crippen LogP contribution in [0.1, 0.15) is 28.9 Å². The molecule has 5 rings (SSSR count). The molecule has 9 nitrogen and oxygen atoms in total. The molecule has 194 valence electrons. The van der Waals surface area contributed by atoms with Crippen molar-refractivity contribution >= 4 is 12.0 Å². The zero-order valence-corrected chi connectivity index (χ0v) is 20.7. The van der Waals surface area contributed by atoms with E-state index in [9.17, 15) is 19.8 Å². The molecule has 1 aromatic heterocycles. The van der Waals surface area contributed by atoms with Crippen LogP contribution >= 0.6 is 0 Å². The van der Waals surface area contributed by atoms with Crippen molar-refractivity contribution in [3.8, 4) is 11.3 Å². The maximum absolute atomic E-state index is 14.1. The fourth-order valence-corrected chi connectivity index (χ4v) is 5.28. The summed E-state index contributed by atoms with van der Waals surface area (Å²) in [6.45, 7) is 2.05. The highest BCUT2D eigenvalue weighted by Gasteiger charge is 2.37. The highest BCUT2D eigenvalue weighted by Crippen LogP contribution is 2.30. The van der Waals surface area contributed by atoms with E-state index in [4.69, 9.17) is 4.74 Å². The Balaban J connectivity index is 1.48. The number of hydrogen-bond acceptors (Lipinski definition) is 5. The quantitative estimate of drug-likeness (QED) is 0.534. The molecule has 1 atom stereocenters. The normalized spacial score (nSPS) is 19.5. The van der Waals surface area contributed by atoms with Gasteiger partial charge in [0.2, 0.25) is 0 Å². The van der Waals surface area contributed by atoms with Crippen LogP contribution in [0.15, 0.2) is 67.0 Å². The van der Waals surface area contributed by atoms with Crippen molar-refractivity contribution in [2.75, 3.05) is 32.8 Å². The summed E-state index contributed by atoms with van der Waals surface area (Å²) >= 11 is 0. The lowest BCUT2D eigenvalue weighted by Crippen LogP contribution is -2.57. The number of rotatable bonds is 6. The van der Waals surface area contributed by atoms with E-state index in [0.29, 0.717) is 50.4 Å². The smallest absolute Gasteiger partial charge is 0.407 e. The van der Waals surface area contributed by atoms with E-state index in [0.717, 1.165) is 11.1 Å². The molecule has 3 heterocycles. The Hall–Kier alpha value is -3.69. The van der Waals surface area contributed by atoms with E-state index in [2.05, 4.69) is 4.98 Å². The van der Waals surface area contributed by atoms with Gasteiger partial charge in [-0.15, -0.1) is 0 Å². The second kappa shape index (κ2) is 10.7. The second-order valence-corrected chi connectivity index (χ2v) is 9.84. The molecule has 0 spiro atoms. The molecule has 2 amide bonds. The molecule has 0 radical (unpaired) electrons. The molecule has 37 heavy (non-hydrogen) atoms. The Morgan fingerprint density at radius 2 is 1.68 bits per heavy atom. The summed E-state index contributed by atoms with van der Waals surface area (Å²) in [5, 5.41) is 20.8. The van der Waals surface area contributed by atoms with E-state index in [-0.39, 0.29) is 31.6 Å². The first-order valence-electron chi connectivity index (χ1n) is 12.7. The maximum Gasteiger partial charge on any atom is 0.407 e. The molecule has 2 fully saturated rings. The lowest BCUT2D eigenvalue weighted by Gasteiger charge is -2.40. The van der Waals surface area contributed by atoms with Crippen LogP contribution in [0.2, 0.25) is 0 Å². The maximum atomic E-state index is 14.1. The molecule has 0 saturated carbocycles. The van der Waals surface area contributed by atoms with Crippen molar-refractivity contribution in [2.45, 2.75) is 37.5 Å². The number of amides is 2. The standard InChI is InChI=1S/C28H32N4O5/c33-26(32-14-13-30(27(34)35)18-23(32)17-21-7-3-1-4-8-21)24-25(22-9-5-2-6-10-22)31(20-29-24)19-28(36)11-15-37-16-12-28/h1-10,20,23,36H,11-19H2,(H,34,35)/t23-/m1/s1. The van der Waals surface area contributed by atoms with Crippen molar-refractivity contribution in [3.05, 3.63) is 78.2 Å². The minimum Gasteiger partial charge on any atom is -0.465 e. The minimum atomic E-state index is -0.982. The Labute approximate surface area is 215 Å². The summed E-state index contributed by atoms with van der Waals surface area (Å²) < 4.78 is 7.30. The van der Waals surface area contributed by atoms with Gasteiger partial charge in [-0.3, -0.25) is 4.79 Å².